The highest BCUT2D eigenvalue weighted by Gasteiger charge is 2.64. The molecule has 1 amide bonds. The summed E-state index contributed by atoms with van der Waals surface area (Å²) in [5, 5.41) is 14.3. The Morgan fingerprint density at radius 3 is 3.00 bits per heavy atom. The lowest BCUT2D eigenvalue weighted by Gasteiger charge is -2.15. The van der Waals surface area contributed by atoms with Crippen LogP contribution in [0.15, 0.2) is 21.7 Å². The van der Waals surface area contributed by atoms with Gasteiger partial charge in [-0.1, -0.05) is 19.8 Å². The van der Waals surface area contributed by atoms with E-state index in [1.807, 2.05) is 0 Å². The molecular weight excluding hydrogens is 274 g/mol. The Kier molecular flexibility index (Phi) is 3.27. The van der Waals surface area contributed by atoms with E-state index in [0.29, 0.717) is 5.92 Å². The van der Waals surface area contributed by atoms with Crippen LogP contribution in [0.5, 0.6) is 0 Å². The number of nitrogens with zero attached hydrogens (tertiary/aromatic N) is 2. The second-order valence-electron chi connectivity index (χ2n) is 6.00. The van der Waals surface area contributed by atoms with E-state index in [1.165, 1.54) is 31.2 Å². The number of rotatable bonds is 4. The fourth-order valence-electron chi connectivity index (χ4n) is 3.59. The van der Waals surface area contributed by atoms with Gasteiger partial charge in [0.15, 0.2) is 5.76 Å². The van der Waals surface area contributed by atoms with Crippen LogP contribution < -0.4 is 5.43 Å². The maximum Gasteiger partial charge on any atom is 0.433 e. The lowest BCUT2D eigenvalue weighted by Crippen LogP contribution is -2.22. The van der Waals surface area contributed by atoms with Crippen molar-refractivity contribution in [2.24, 2.45) is 22.4 Å². The molecule has 0 bridgehead atoms. The third-order valence-corrected chi connectivity index (χ3v) is 4.77. The average Bonchev–Trinajstić information content (AvgIpc) is 2.80. The van der Waals surface area contributed by atoms with Crippen LogP contribution in [0.2, 0.25) is 0 Å². The van der Waals surface area contributed by atoms with Gasteiger partial charge in [-0.25, -0.2) is 5.43 Å². The molecule has 3 rings (SSSR count). The Balaban J connectivity index is 1.56. The summed E-state index contributed by atoms with van der Waals surface area (Å²) in [4.78, 5) is 22.0. The lowest BCUT2D eigenvalue weighted by atomic mass is 9.90. The van der Waals surface area contributed by atoms with Gasteiger partial charge in [0.1, 0.15) is 4.92 Å². The normalized spacial score (nSPS) is 30.9. The average molecular weight is 291 g/mol. The number of nitro groups is 1. The highest BCUT2D eigenvalue weighted by molar-refractivity contribution is 5.85. The summed E-state index contributed by atoms with van der Waals surface area (Å²) in [6.45, 7) is 2.17. The van der Waals surface area contributed by atoms with Crippen LogP contribution in [0.25, 0.3) is 0 Å². The number of carbonyl (C=O) groups excluding carboxylic acids is 1. The quantitative estimate of drug-likeness (QED) is 0.523. The van der Waals surface area contributed by atoms with Gasteiger partial charge < -0.3 is 4.42 Å². The molecule has 1 aromatic rings. The molecule has 2 saturated carbocycles. The first kappa shape index (κ1) is 13.8. The molecule has 7 nitrogen and oxygen atoms in total. The van der Waals surface area contributed by atoms with Crippen LogP contribution in [-0.4, -0.2) is 17.0 Å². The zero-order valence-electron chi connectivity index (χ0n) is 11.7. The molecule has 0 aliphatic heterocycles. The van der Waals surface area contributed by atoms with E-state index >= 15 is 0 Å². The molecule has 0 saturated heterocycles. The van der Waals surface area contributed by atoms with Gasteiger partial charge in [0.05, 0.1) is 12.3 Å². The number of hydrazone groups is 1. The van der Waals surface area contributed by atoms with E-state index in [-0.39, 0.29) is 28.9 Å². The van der Waals surface area contributed by atoms with Crippen LogP contribution >= 0.6 is 0 Å². The number of fused-ring (bicyclic) bond motifs is 1. The Hall–Kier alpha value is -2.18. The van der Waals surface area contributed by atoms with E-state index in [4.69, 9.17) is 4.42 Å². The summed E-state index contributed by atoms with van der Waals surface area (Å²) < 4.78 is 4.92. The summed E-state index contributed by atoms with van der Waals surface area (Å²) in [7, 11) is 0. The molecule has 112 valence electrons. The fraction of sp³-hybridized carbons (Fsp3) is 0.571. The van der Waals surface area contributed by atoms with Crippen molar-refractivity contribution in [2.75, 3.05) is 0 Å². The molecule has 2 fully saturated rings. The Labute approximate surface area is 121 Å². The highest BCUT2D eigenvalue weighted by Crippen LogP contribution is 2.66. The van der Waals surface area contributed by atoms with E-state index in [2.05, 4.69) is 17.5 Å². The van der Waals surface area contributed by atoms with E-state index < -0.39 is 4.92 Å². The van der Waals surface area contributed by atoms with Crippen molar-refractivity contribution in [3.8, 4) is 0 Å². The molecule has 7 heteroatoms. The number of furan rings is 1. The van der Waals surface area contributed by atoms with Crippen molar-refractivity contribution in [2.45, 2.75) is 32.6 Å². The highest BCUT2D eigenvalue weighted by atomic mass is 16.6. The summed E-state index contributed by atoms with van der Waals surface area (Å²) in [5.74, 6) is 0.348. The van der Waals surface area contributed by atoms with Crippen LogP contribution in [0.4, 0.5) is 5.88 Å². The summed E-state index contributed by atoms with van der Waals surface area (Å²) >= 11 is 0. The molecule has 1 heterocycles. The van der Waals surface area contributed by atoms with Crippen molar-refractivity contribution in [1.82, 2.24) is 5.43 Å². The molecule has 0 radical (unpaired) electrons. The van der Waals surface area contributed by atoms with E-state index in [1.54, 1.807) is 0 Å². The molecule has 0 aromatic carbocycles. The minimum absolute atomic E-state index is 0.0445. The third-order valence-electron chi connectivity index (χ3n) is 4.77. The first-order chi connectivity index (χ1) is 10.0. The number of nitrogens with one attached hydrogen (secondary N) is 1. The molecule has 1 aromatic heterocycles. The first-order valence-corrected chi connectivity index (χ1v) is 7.09. The molecule has 3 atom stereocenters. The standard InChI is InChI=1S/C14H17N3O4/c1-14-7-3-2-4-10(14)12(14)13(18)16-15-8-9-5-6-11(21-9)17(19)20/h5-6,8,10,12H,2-4,7H2,1H3,(H,16,18)/b15-8-/t10-,12+,14-/m0/s1. The van der Waals surface area contributed by atoms with Crippen molar-refractivity contribution >= 4 is 18.0 Å². The maximum atomic E-state index is 12.1. The molecule has 2 aliphatic rings. The predicted octanol–water partition coefficient (Wildman–Crippen LogP) is 2.46. The second-order valence-corrected chi connectivity index (χ2v) is 6.00. The second kappa shape index (κ2) is 4.98. The Bertz CT molecular complexity index is 609. The number of amides is 1. The predicted molar refractivity (Wildman–Crippen MR) is 74.7 cm³/mol. The molecule has 21 heavy (non-hydrogen) atoms. The summed E-state index contributed by atoms with van der Waals surface area (Å²) in [6, 6.07) is 2.69. The minimum Gasteiger partial charge on any atom is -0.400 e. The van der Waals surface area contributed by atoms with Gasteiger partial charge in [0.25, 0.3) is 0 Å². The summed E-state index contributed by atoms with van der Waals surface area (Å²) in [6.07, 6.45) is 5.88. The van der Waals surface area contributed by atoms with Crippen LogP contribution in [0.3, 0.4) is 0 Å². The first-order valence-electron chi connectivity index (χ1n) is 7.09. The van der Waals surface area contributed by atoms with Crippen molar-refractivity contribution in [1.29, 1.82) is 0 Å². The van der Waals surface area contributed by atoms with E-state index in [9.17, 15) is 14.9 Å². The van der Waals surface area contributed by atoms with Crippen LogP contribution in [0.1, 0.15) is 38.4 Å². The van der Waals surface area contributed by atoms with Crippen LogP contribution in [-0.2, 0) is 4.79 Å². The molecule has 0 unspecified atom stereocenters. The lowest BCUT2D eigenvalue weighted by molar-refractivity contribution is -0.402. The monoisotopic (exact) mass is 291 g/mol. The summed E-state index contributed by atoms with van der Waals surface area (Å²) in [5.41, 5.74) is 2.65. The largest absolute Gasteiger partial charge is 0.433 e. The third kappa shape index (κ3) is 2.43. The minimum atomic E-state index is -0.619. The Morgan fingerprint density at radius 2 is 2.38 bits per heavy atom. The molecule has 0 spiro atoms. The number of hydrogen-bond donors (Lipinski definition) is 1. The number of hydrogen-bond acceptors (Lipinski definition) is 5. The van der Waals surface area contributed by atoms with Crippen LogP contribution in [0, 0.1) is 27.4 Å². The van der Waals surface area contributed by atoms with E-state index in [0.717, 1.165) is 12.8 Å². The van der Waals surface area contributed by atoms with Gasteiger partial charge in [0.2, 0.25) is 5.91 Å². The van der Waals surface area contributed by atoms with Gasteiger partial charge in [-0.3, -0.25) is 14.9 Å². The SMILES string of the molecule is C[C@]12CCCC[C@H]1[C@@H]2C(=O)N/N=C\c1ccc([N+](=O)[O-])o1. The van der Waals surface area contributed by atoms with Crippen molar-refractivity contribution in [3.63, 3.8) is 0 Å². The molecule has 2 aliphatic carbocycles. The smallest absolute Gasteiger partial charge is 0.400 e. The van der Waals surface area contributed by atoms with Gasteiger partial charge in [0, 0.05) is 5.92 Å². The van der Waals surface area contributed by atoms with Gasteiger partial charge >= 0.3 is 5.88 Å². The van der Waals surface area contributed by atoms with Gasteiger partial charge in [-0.15, -0.1) is 0 Å². The zero-order valence-corrected chi connectivity index (χ0v) is 11.7. The van der Waals surface area contributed by atoms with Crippen molar-refractivity contribution < 1.29 is 14.1 Å². The molecular formula is C14H17N3O4. The number of carbonyl (C=O) groups is 1. The van der Waals surface area contributed by atoms with Gasteiger partial charge in [-0.2, -0.15) is 5.10 Å². The van der Waals surface area contributed by atoms with Gasteiger partial charge in [-0.05, 0) is 30.2 Å². The fourth-order valence-corrected chi connectivity index (χ4v) is 3.59. The maximum absolute atomic E-state index is 12.1. The zero-order chi connectivity index (χ0) is 15.0. The molecule has 1 N–H and O–H groups in total. The Morgan fingerprint density at radius 1 is 1.57 bits per heavy atom. The van der Waals surface area contributed by atoms with Crippen molar-refractivity contribution in [3.05, 3.63) is 28.0 Å². The topological polar surface area (TPSA) is 97.7 Å².